The number of benzene rings is 2. The van der Waals surface area contributed by atoms with Crippen LogP contribution in [-0.4, -0.2) is 32.6 Å². The minimum Gasteiger partial charge on any atom is -0.350 e. The SMILES string of the molecule is CN(Cc1nc(-c2ccccc2)no1)C(=O)c1cn(C)c2ccccc12. The van der Waals surface area contributed by atoms with Crippen LogP contribution in [0.15, 0.2) is 65.3 Å². The average Bonchev–Trinajstić information content (AvgIpc) is 3.27. The summed E-state index contributed by atoms with van der Waals surface area (Å²) in [5.41, 5.74) is 2.56. The van der Waals surface area contributed by atoms with E-state index in [0.717, 1.165) is 16.5 Å². The predicted octanol–water partition coefficient (Wildman–Crippen LogP) is 3.50. The Hall–Kier alpha value is -3.41. The minimum absolute atomic E-state index is 0.0822. The van der Waals surface area contributed by atoms with Gasteiger partial charge in [0.2, 0.25) is 11.7 Å². The Morgan fingerprint density at radius 2 is 1.85 bits per heavy atom. The van der Waals surface area contributed by atoms with E-state index in [1.165, 1.54) is 0 Å². The second-order valence-electron chi connectivity index (χ2n) is 6.21. The van der Waals surface area contributed by atoms with Gasteiger partial charge in [-0.1, -0.05) is 53.7 Å². The van der Waals surface area contributed by atoms with Crippen molar-refractivity contribution in [3.8, 4) is 11.4 Å². The molecule has 0 N–H and O–H groups in total. The lowest BCUT2D eigenvalue weighted by Crippen LogP contribution is -2.26. The third-order valence-corrected chi connectivity index (χ3v) is 4.35. The van der Waals surface area contributed by atoms with E-state index >= 15 is 0 Å². The molecule has 0 aliphatic rings. The van der Waals surface area contributed by atoms with Crippen LogP contribution in [0.3, 0.4) is 0 Å². The minimum atomic E-state index is -0.0822. The van der Waals surface area contributed by atoms with E-state index in [4.69, 9.17) is 4.52 Å². The molecule has 26 heavy (non-hydrogen) atoms. The smallest absolute Gasteiger partial charge is 0.256 e. The summed E-state index contributed by atoms with van der Waals surface area (Å²) in [5.74, 6) is 0.841. The van der Waals surface area contributed by atoms with Crippen LogP contribution < -0.4 is 0 Å². The summed E-state index contributed by atoms with van der Waals surface area (Å²) in [4.78, 5) is 18.9. The first-order valence-corrected chi connectivity index (χ1v) is 8.31. The highest BCUT2D eigenvalue weighted by Gasteiger charge is 2.19. The molecule has 0 spiro atoms. The van der Waals surface area contributed by atoms with Gasteiger partial charge in [-0.15, -0.1) is 0 Å². The maximum absolute atomic E-state index is 12.9. The Bertz CT molecular complexity index is 1070. The molecule has 2 heterocycles. The molecular weight excluding hydrogens is 328 g/mol. The topological polar surface area (TPSA) is 64.2 Å². The summed E-state index contributed by atoms with van der Waals surface area (Å²) in [6.45, 7) is 0.252. The van der Waals surface area contributed by atoms with Crippen LogP contribution in [0.25, 0.3) is 22.3 Å². The number of carbonyl (C=O) groups excluding carboxylic acids is 1. The molecule has 0 saturated heterocycles. The van der Waals surface area contributed by atoms with Gasteiger partial charge in [-0.25, -0.2) is 0 Å². The van der Waals surface area contributed by atoms with E-state index in [9.17, 15) is 4.79 Å². The van der Waals surface area contributed by atoms with Gasteiger partial charge in [0, 0.05) is 36.8 Å². The lowest BCUT2D eigenvalue weighted by Gasteiger charge is -2.14. The van der Waals surface area contributed by atoms with E-state index in [1.807, 2.05) is 72.4 Å². The summed E-state index contributed by atoms with van der Waals surface area (Å²) in [5, 5.41) is 4.93. The van der Waals surface area contributed by atoms with Crippen molar-refractivity contribution in [1.82, 2.24) is 19.6 Å². The Labute approximate surface area is 150 Å². The molecule has 0 aliphatic heterocycles. The fraction of sp³-hybridized carbons (Fsp3) is 0.150. The van der Waals surface area contributed by atoms with Crippen molar-refractivity contribution in [2.24, 2.45) is 7.05 Å². The molecule has 0 aliphatic carbocycles. The average molecular weight is 346 g/mol. The molecule has 0 unspecified atom stereocenters. The number of rotatable bonds is 4. The quantitative estimate of drug-likeness (QED) is 0.567. The van der Waals surface area contributed by atoms with Crippen molar-refractivity contribution in [3.63, 3.8) is 0 Å². The number of hydrogen-bond donors (Lipinski definition) is 0. The molecule has 0 bridgehead atoms. The zero-order chi connectivity index (χ0) is 18.1. The first-order chi connectivity index (χ1) is 12.6. The summed E-state index contributed by atoms with van der Waals surface area (Å²) in [6.07, 6.45) is 1.85. The summed E-state index contributed by atoms with van der Waals surface area (Å²) >= 11 is 0. The molecule has 0 radical (unpaired) electrons. The number of nitrogens with zero attached hydrogens (tertiary/aromatic N) is 4. The molecule has 2 aromatic carbocycles. The molecule has 6 nitrogen and oxygen atoms in total. The van der Waals surface area contributed by atoms with Crippen molar-refractivity contribution in [1.29, 1.82) is 0 Å². The highest BCUT2D eigenvalue weighted by Crippen LogP contribution is 2.22. The van der Waals surface area contributed by atoms with Gasteiger partial charge >= 0.3 is 0 Å². The zero-order valence-corrected chi connectivity index (χ0v) is 14.6. The second-order valence-corrected chi connectivity index (χ2v) is 6.21. The molecule has 0 saturated carbocycles. The van der Waals surface area contributed by atoms with Gasteiger partial charge in [0.15, 0.2) is 0 Å². The van der Waals surface area contributed by atoms with E-state index in [0.29, 0.717) is 17.3 Å². The largest absolute Gasteiger partial charge is 0.350 e. The third-order valence-electron chi connectivity index (χ3n) is 4.35. The maximum Gasteiger partial charge on any atom is 0.256 e. The van der Waals surface area contributed by atoms with Gasteiger partial charge in [-0.05, 0) is 6.07 Å². The maximum atomic E-state index is 12.9. The standard InChI is InChI=1S/C20H18N4O2/c1-23-12-16(15-10-6-7-11-17(15)23)20(25)24(2)13-18-21-19(22-26-18)14-8-4-3-5-9-14/h3-12H,13H2,1-2H3. The van der Waals surface area contributed by atoms with Gasteiger partial charge in [-0.2, -0.15) is 4.98 Å². The monoisotopic (exact) mass is 346 g/mol. The van der Waals surface area contributed by atoms with Crippen molar-refractivity contribution in [2.75, 3.05) is 7.05 Å². The zero-order valence-electron chi connectivity index (χ0n) is 14.6. The fourth-order valence-electron chi connectivity index (χ4n) is 3.02. The van der Waals surface area contributed by atoms with Crippen LogP contribution in [0, 0.1) is 0 Å². The molecule has 4 aromatic rings. The van der Waals surface area contributed by atoms with E-state index in [2.05, 4.69) is 10.1 Å². The highest BCUT2D eigenvalue weighted by molar-refractivity contribution is 6.06. The Kier molecular flexibility index (Phi) is 4.01. The van der Waals surface area contributed by atoms with Gasteiger partial charge in [0.25, 0.3) is 5.91 Å². The van der Waals surface area contributed by atoms with Gasteiger partial charge < -0.3 is 14.0 Å². The lowest BCUT2D eigenvalue weighted by molar-refractivity contribution is 0.0771. The predicted molar refractivity (Wildman–Crippen MR) is 98.5 cm³/mol. The summed E-state index contributed by atoms with van der Waals surface area (Å²) < 4.78 is 7.26. The molecule has 4 rings (SSSR count). The van der Waals surface area contributed by atoms with Gasteiger partial charge in [0.05, 0.1) is 12.1 Å². The van der Waals surface area contributed by atoms with Crippen LogP contribution in [0.1, 0.15) is 16.2 Å². The van der Waals surface area contributed by atoms with E-state index in [-0.39, 0.29) is 12.5 Å². The van der Waals surface area contributed by atoms with Crippen LogP contribution in [0.4, 0.5) is 0 Å². The van der Waals surface area contributed by atoms with Crippen molar-refractivity contribution < 1.29 is 9.32 Å². The van der Waals surface area contributed by atoms with Crippen molar-refractivity contribution >= 4 is 16.8 Å². The van der Waals surface area contributed by atoms with Crippen molar-refractivity contribution in [3.05, 3.63) is 72.2 Å². The van der Waals surface area contributed by atoms with Crippen LogP contribution in [-0.2, 0) is 13.6 Å². The Morgan fingerprint density at radius 3 is 2.65 bits per heavy atom. The second kappa shape index (κ2) is 6.48. The number of aryl methyl sites for hydroxylation is 1. The molecule has 0 fully saturated rings. The van der Waals surface area contributed by atoms with Crippen LogP contribution in [0.5, 0.6) is 0 Å². The normalized spacial score (nSPS) is 11.0. The van der Waals surface area contributed by atoms with E-state index in [1.54, 1.807) is 11.9 Å². The molecule has 1 amide bonds. The van der Waals surface area contributed by atoms with Gasteiger partial charge in [0.1, 0.15) is 0 Å². The number of amides is 1. The molecule has 0 atom stereocenters. The number of fused-ring (bicyclic) bond motifs is 1. The molecule has 6 heteroatoms. The Morgan fingerprint density at radius 1 is 1.12 bits per heavy atom. The number of para-hydroxylation sites is 1. The summed E-state index contributed by atoms with van der Waals surface area (Å²) in [7, 11) is 3.67. The van der Waals surface area contributed by atoms with Crippen molar-refractivity contribution in [2.45, 2.75) is 6.54 Å². The number of hydrogen-bond acceptors (Lipinski definition) is 4. The first kappa shape index (κ1) is 16.1. The van der Waals surface area contributed by atoms with Crippen LogP contribution in [0.2, 0.25) is 0 Å². The highest BCUT2D eigenvalue weighted by atomic mass is 16.5. The molecular formula is C20H18N4O2. The van der Waals surface area contributed by atoms with E-state index < -0.39 is 0 Å². The number of carbonyl (C=O) groups is 1. The molecule has 2 aromatic heterocycles. The Balaban J connectivity index is 1.55. The third kappa shape index (κ3) is 2.86. The number of aromatic nitrogens is 3. The fourth-order valence-corrected chi connectivity index (χ4v) is 3.02. The van der Waals surface area contributed by atoms with Crippen LogP contribution >= 0.6 is 0 Å². The lowest BCUT2D eigenvalue weighted by atomic mass is 10.1. The summed E-state index contributed by atoms with van der Waals surface area (Å²) in [6, 6.07) is 17.4. The first-order valence-electron chi connectivity index (χ1n) is 8.31. The molecule has 130 valence electrons. The van der Waals surface area contributed by atoms with Gasteiger partial charge in [-0.3, -0.25) is 4.79 Å².